The van der Waals surface area contributed by atoms with Gasteiger partial charge < -0.3 is 5.32 Å². The molecule has 0 radical (unpaired) electrons. The molecule has 1 aliphatic carbocycles. The lowest BCUT2D eigenvalue weighted by atomic mass is 9.79. The van der Waals surface area contributed by atoms with E-state index in [2.05, 4.69) is 43.4 Å². The van der Waals surface area contributed by atoms with Gasteiger partial charge in [-0.3, -0.25) is 0 Å². The van der Waals surface area contributed by atoms with Crippen molar-refractivity contribution < 1.29 is 0 Å². The smallest absolute Gasteiger partial charge is 0.0108 e. The lowest BCUT2D eigenvalue weighted by Crippen LogP contribution is -2.40. The topological polar surface area (TPSA) is 12.0 Å². The zero-order valence-electron chi connectivity index (χ0n) is 12.1. The van der Waals surface area contributed by atoms with Gasteiger partial charge in [0.25, 0.3) is 0 Å². The minimum atomic E-state index is 0.716. The fraction of sp³-hybridized carbons (Fsp3) is 0.647. The maximum Gasteiger partial charge on any atom is 0.0108 e. The normalized spacial score (nSPS) is 34.2. The number of benzene rings is 1. The molecule has 1 saturated carbocycles. The van der Waals surface area contributed by atoms with Crippen molar-refractivity contribution in [3.63, 3.8) is 0 Å². The molecule has 2 aliphatic rings. The van der Waals surface area contributed by atoms with Crippen LogP contribution in [0.2, 0.25) is 0 Å². The summed E-state index contributed by atoms with van der Waals surface area (Å²) < 4.78 is 0. The third-order valence-electron chi connectivity index (χ3n) is 4.86. The summed E-state index contributed by atoms with van der Waals surface area (Å²) >= 11 is 2.02. The number of hydrogen-bond donors (Lipinski definition) is 1. The van der Waals surface area contributed by atoms with Crippen LogP contribution in [0.1, 0.15) is 44.6 Å². The molecule has 1 aromatic rings. The average molecular weight is 275 g/mol. The molecule has 0 amide bonds. The summed E-state index contributed by atoms with van der Waals surface area (Å²) in [6.07, 6.45) is 4.16. The first kappa shape index (κ1) is 13.5. The molecule has 19 heavy (non-hydrogen) atoms. The number of rotatable bonds is 3. The lowest BCUT2D eigenvalue weighted by molar-refractivity contribution is 0.227. The molecular formula is C17H25NS. The van der Waals surface area contributed by atoms with Gasteiger partial charge in [0.1, 0.15) is 0 Å². The highest BCUT2D eigenvalue weighted by atomic mass is 32.2. The van der Waals surface area contributed by atoms with Crippen LogP contribution in [0.4, 0.5) is 0 Å². The summed E-state index contributed by atoms with van der Waals surface area (Å²) in [7, 11) is 0. The van der Waals surface area contributed by atoms with Gasteiger partial charge in [-0.05, 0) is 42.7 Å². The van der Waals surface area contributed by atoms with E-state index in [1.54, 1.807) is 5.56 Å². The zero-order valence-corrected chi connectivity index (χ0v) is 12.9. The molecule has 1 aromatic carbocycles. The van der Waals surface area contributed by atoms with Crippen molar-refractivity contribution in [2.24, 2.45) is 11.8 Å². The Morgan fingerprint density at radius 2 is 2.05 bits per heavy atom. The molecule has 1 aliphatic heterocycles. The van der Waals surface area contributed by atoms with Gasteiger partial charge in [-0.25, -0.2) is 0 Å². The average Bonchev–Trinajstić information content (AvgIpc) is 2.81. The Hall–Kier alpha value is -0.470. The molecule has 104 valence electrons. The van der Waals surface area contributed by atoms with E-state index >= 15 is 0 Å². The molecule has 0 spiro atoms. The molecule has 2 heteroatoms. The predicted molar refractivity (Wildman–Crippen MR) is 83.9 cm³/mol. The van der Waals surface area contributed by atoms with Crippen LogP contribution >= 0.6 is 11.8 Å². The fourth-order valence-electron chi connectivity index (χ4n) is 3.66. The summed E-state index contributed by atoms with van der Waals surface area (Å²) in [6.45, 7) is 5.98. The summed E-state index contributed by atoms with van der Waals surface area (Å²) in [5.74, 6) is 3.74. The van der Waals surface area contributed by atoms with Gasteiger partial charge in [0.05, 0.1) is 0 Å². The van der Waals surface area contributed by atoms with E-state index in [4.69, 9.17) is 0 Å². The van der Waals surface area contributed by atoms with Gasteiger partial charge >= 0.3 is 0 Å². The largest absolute Gasteiger partial charge is 0.313 e. The van der Waals surface area contributed by atoms with Gasteiger partial charge in [-0.15, -0.1) is 11.8 Å². The van der Waals surface area contributed by atoms with Crippen molar-refractivity contribution in [2.45, 2.75) is 50.0 Å². The second-order valence-corrected chi connectivity index (χ2v) is 7.52. The maximum atomic E-state index is 3.86. The standard InChI is InChI=1S/C17H25NS/c1-12-7-8-16(13(2)9-12)18-10-14-11-19-17-6-4-3-5-15(14)17/h3-6,12-14,16,18H,7-11H2,1-2H3. The van der Waals surface area contributed by atoms with Crippen LogP contribution in [0.5, 0.6) is 0 Å². The molecule has 0 aromatic heterocycles. The van der Waals surface area contributed by atoms with Crippen LogP contribution in [0.15, 0.2) is 29.2 Å². The van der Waals surface area contributed by atoms with Gasteiger partial charge in [-0.2, -0.15) is 0 Å². The first-order chi connectivity index (χ1) is 9.24. The Morgan fingerprint density at radius 3 is 2.89 bits per heavy atom. The van der Waals surface area contributed by atoms with Crippen LogP contribution < -0.4 is 5.32 Å². The third-order valence-corrected chi connectivity index (χ3v) is 6.11. The lowest BCUT2D eigenvalue weighted by Gasteiger charge is -2.34. The van der Waals surface area contributed by atoms with E-state index in [9.17, 15) is 0 Å². The van der Waals surface area contributed by atoms with Crippen LogP contribution in [0, 0.1) is 11.8 Å². The summed E-state index contributed by atoms with van der Waals surface area (Å²) in [4.78, 5) is 1.50. The molecule has 4 unspecified atom stereocenters. The maximum absolute atomic E-state index is 3.86. The summed E-state index contributed by atoms with van der Waals surface area (Å²) in [5, 5.41) is 3.86. The molecule has 1 fully saturated rings. The van der Waals surface area contributed by atoms with Crippen molar-refractivity contribution in [1.82, 2.24) is 5.32 Å². The highest BCUT2D eigenvalue weighted by molar-refractivity contribution is 7.99. The van der Waals surface area contributed by atoms with Crippen LogP contribution in [0.3, 0.4) is 0 Å². The molecule has 3 rings (SSSR count). The molecule has 4 atom stereocenters. The highest BCUT2D eigenvalue weighted by Gasteiger charge is 2.27. The first-order valence-electron chi connectivity index (χ1n) is 7.69. The van der Waals surface area contributed by atoms with E-state index in [-0.39, 0.29) is 0 Å². The summed E-state index contributed by atoms with van der Waals surface area (Å²) in [6, 6.07) is 9.67. The Bertz CT molecular complexity index is 431. The van der Waals surface area contributed by atoms with E-state index < -0.39 is 0 Å². The van der Waals surface area contributed by atoms with E-state index in [0.29, 0.717) is 5.92 Å². The molecule has 0 bridgehead atoms. The second kappa shape index (κ2) is 5.88. The van der Waals surface area contributed by atoms with Crippen molar-refractivity contribution in [1.29, 1.82) is 0 Å². The minimum absolute atomic E-state index is 0.716. The fourth-order valence-corrected chi connectivity index (χ4v) is 4.91. The molecule has 1 heterocycles. The number of thioether (sulfide) groups is 1. The SMILES string of the molecule is CC1CCC(NCC2CSc3ccccc32)C(C)C1. The Morgan fingerprint density at radius 1 is 1.21 bits per heavy atom. The van der Waals surface area contributed by atoms with Crippen LogP contribution in [-0.4, -0.2) is 18.3 Å². The monoisotopic (exact) mass is 275 g/mol. The molecule has 0 saturated heterocycles. The van der Waals surface area contributed by atoms with Crippen LogP contribution in [0.25, 0.3) is 0 Å². The zero-order chi connectivity index (χ0) is 13.2. The number of fused-ring (bicyclic) bond motifs is 1. The Labute approximate surface area is 121 Å². The highest BCUT2D eigenvalue weighted by Crippen LogP contribution is 2.39. The molecule has 1 nitrogen and oxygen atoms in total. The van der Waals surface area contributed by atoms with Gasteiger partial charge in [-0.1, -0.05) is 32.0 Å². The van der Waals surface area contributed by atoms with Gasteiger partial charge in [0.2, 0.25) is 0 Å². The van der Waals surface area contributed by atoms with Gasteiger partial charge in [0, 0.05) is 29.2 Å². The van der Waals surface area contributed by atoms with Crippen molar-refractivity contribution >= 4 is 11.8 Å². The second-order valence-electron chi connectivity index (χ2n) is 6.46. The van der Waals surface area contributed by atoms with E-state index in [0.717, 1.165) is 24.4 Å². The van der Waals surface area contributed by atoms with Crippen molar-refractivity contribution in [3.05, 3.63) is 29.8 Å². The number of hydrogen-bond acceptors (Lipinski definition) is 2. The van der Waals surface area contributed by atoms with Crippen LogP contribution in [-0.2, 0) is 0 Å². The van der Waals surface area contributed by atoms with E-state index in [1.165, 1.54) is 29.9 Å². The molecule has 1 N–H and O–H groups in total. The quantitative estimate of drug-likeness (QED) is 0.883. The first-order valence-corrected chi connectivity index (χ1v) is 8.67. The van der Waals surface area contributed by atoms with Gasteiger partial charge in [0.15, 0.2) is 0 Å². The Kier molecular flexibility index (Phi) is 4.18. The third kappa shape index (κ3) is 3.00. The minimum Gasteiger partial charge on any atom is -0.313 e. The van der Waals surface area contributed by atoms with Crippen molar-refractivity contribution in [3.8, 4) is 0 Å². The number of nitrogens with one attached hydrogen (secondary N) is 1. The summed E-state index contributed by atoms with van der Waals surface area (Å²) in [5.41, 5.74) is 1.57. The van der Waals surface area contributed by atoms with Crippen molar-refractivity contribution in [2.75, 3.05) is 12.3 Å². The predicted octanol–water partition coefficient (Wildman–Crippen LogP) is 4.29. The Balaban J connectivity index is 1.56. The van der Waals surface area contributed by atoms with E-state index in [1.807, 2.05) is 11.8 Å². The molecular weight excluding hydrogens is 250 g/mol.